The topological polar surface area (TPSA) is 84.4 Å². The molecule has 1 aromatic carbocycles. The Labute approximate surface area is 139 Å². The standard InChI is InChI=1S/C17H18N4O3/c1-24-16(23)13-6-2-3-7-14(13)20-15(22)12-10-18-17(19-11-12)21-8-4-5-9-21/h2-3,6-7,10-11H,4-5,8-9H2,1H3,(H,20,22). The zero-order valence-electron chi connectivity index (χ0n) is 13.4. The number of carbonyl (C=O) groups excluding carboxylic acids is 2. The van der Waals surface area contributed by atoms with Crippen LogP contribution in [0.3, 0.4) is 0 Å². The third kappa shape index (κ3) is 3.34. The maximum atomic E-state index is 12.4. The first-order valence-corrected chi connectivity index (χ1v) is 7.74. The molecule has 0 unspecified atom stereocenters. The number of nitrogens with one attached hydrogen (secondary N) is 1. The van der Waals surface area contributed by atoms with Crippen molar-refractivity contribution in [2.45, 2.75) is 12.8 Å². The van der Waals surface area contributed by atoms with E-state index >= 15 is 0 Å². The quantitative estimate of drug-likeness (QED) is 0.866. The first kappa shape index (κ1) is 15.9. The van der Waals surface area contributed by atoms with Gasteiger partial charge in [-0.05, 0) is 25.0 Å². The third-order valence-electron chi connectivity index (χ3n) is 3.87. The summed E-state index contributed by atoms with van der Waals surface area (Å²) in [7, 11) is 1.30. The van der Waals surface area contributed by atoms with Crippen molar-refractivity contribution in [3.63, 3.8) is 0 Å². The van der Waals surface area contributed by atoms with Gasteiger partial charge in [-0.2, -0.15) is 0 Å². The van der Waals surface area contributed by atoms with Gasteiger partial charge in [-0.1, -0.05) is 12.1 Å². The molecule has 0 radical (unpaired) electrons. The number of hydrogen-bond donors (Lipinski definition) is 1. The number of carbonyl (C=O) groups is 2. The molecule has 1 saturated heterocycles. The number of aromatic nitrogens is 2. The van der Waals surface area contributed by atoms with Crippen LogP contribution in [-0.4, -0.2) is 42.0 Å². The van der Waals surface area contributed by atoms with Crippen LogP contribution in [0.2, 0.25) is 0 Å². The molecule has 7 heteroatoms. The molecule has 1 aromatic heterocycles. The number of benzene rings is 1. The molecule has 0 aliphatic carbocycles. The van der Waals surface area contributed by atoms with Crippen LogP contribution >= 0.6 is 0 Å². The molecule has 124 valence electrons. The van der Waals surface area contributed by atoms with Crippen molar-refractivity contribution in [2.24, 2.45) is 0 Å². The molecule has 1 fully saturated rings. The van der Waals surface area contributed by atoms with Crippen LogP contribution in [0, 0.1) is 0 Å². The molecule has 3 rings (SSSR count). The molecular formula is C17H18N4O3. The van der Waals surface area contributed by atoms with E-state index < -0.39 is 5.97 Å². The molecule has 1 N–H and O–H groups in total. The Kier molecular flexibility index (Phi) is 4.69. The maximum absolute atomic E-state index is 12.4. The van der Waals surface area contributed by atoms with E-state index in [9.17, 15) is 9.59 Å². The molecule has 1 amide bonds. The van der Waals surface area contributed by atoms with E-state index in [-0.39, 0.29) is 5.91 Å². The molecule has 0 saturated carbocycles. The Bertz CT molecular complexity index is 740. The summed E-state index contributed by atoms with van der Waals surface area (Å²) < 4.78 is 4.72. The van der Waals surface area contributed by atoms with E-state index in [1.54, 1.807) is 24.3 Å². The fourth-order valence-electron chi connectivity index (χ4n) is 2.59. The largest absolute Gasteiger partial charge is 0.465 e. The second-order valence-electron chi connectivity index (χ2n) is 5.46. The van der Waals surface area contributed by atoms with Crippen molar-refractivity contribution in [1.29, 1.82) is 0 Å². The highest BCUT2D eigenvalue weighted by atomic mass is 16.5. The predicted octanol–water partition coefficient (Wildman–Crippen LogP) is 2.12. The fraction of sp³-hybridized carbons (Fsp3) is 0.294. The molecule has 0 spiro atoms. The summed E-state index contributed by atoms with van der Waals surface area (Å²) in [6.45, 7) is 1.89. The van der Waals surface area contributed by atoms with Crippen molar-refractivity contribution in [3.05, 3.63) is 47.8 Å². The number of para-hydroxylation sites is 1. The molecule has 24 heavy (non-hydrogen) atoms. The summed E-state index contributed by atoms with van der Waals surface area (Å²) in [5, 5.41) is 2.70. The van der Waals surface area contributed by atoms with Gasteiger partial charge in [-0.15, -0.1) is 0 Å². The third-order valence-corrected chi connectivity index (χ3v) is 3.87. The highest BCUT2D eigenvalue weighted by molar-refractivity contribution is 6.07. The SMILES string of the molecule is COC(=O)c1ccccc1NC(=O)c1cnc(N2CCCC2)nc1. The highest BCUT2D eigenvalue weighted by Gasteiger charge is 2.17. The van der Waals surface area contributed by atoms with Crippen molar-refractivity contribution in [2.75, 3.05) is 30.4 Å². The van der Waals surface area contributed by atoms with Gasteiger partial charge in [-0.25, -0.2) is 14.8 Å². The monoisotopic (exact) mass is 326 g/mol. The zero-order valence-corrected chi connectivity index (χ0v) is 13.4. The molecule has 2 aromatic rings. The minimum Gasteiger partial charge on any atom is -0.465 e. The number of nitrogens with zero attached hydrogens (tertiary/aromatic N) is 3. The number of esters is 1. The lowest BCUT2D eigenvalue weighted by Crippen LogP contribution is -2.21. The van der Waals surface area contributed by atoms with Crippen molar-refractivity contribution in [3.8, 4) is 0 Å². The number of rotatable bonds is 4. The number of anilines is 2. The van der Waals surface area contributed by atoms with Crippen LogP contribution in [0.4, 0.5) is 11.6 Å². The molecule has 2 heterocycles. The van der Waals surface area contributed by atoms with E-state index in [4.69, 9.17) is 4.74 Å². The maximum Gasteiger partial charge on any atom is 0.339 e. The van der Waals surface area contributed by atoms with Crippen LogP contribution in [-0.2, 0) is 4.74 Å². The lowest BCUT2D eigenvalue weighted by molar-refractivity contribution is 0.0602. The summed E-state index contributed by atoms with van der Waals surface area (Å²) in [4.78, 5) is 34.7. The van der Waals surface area contributed by atoms with Crippen molar-refractivity contribution in [1.82, 2.24) is 9.97 Å². The number of amides is 1. The Morgan fingerprint density at radius 2 is 1.79 bits per heavy atom. The molecule has 0 bridgehead atoms. The van der Waals surface area contributed by atoms with E-state index in [2.05, 4.69) is 20.2 Å². The number of methoxy groups -OCH3 is 1. The van der Waals surface area contributed by atoms with Gasteiger partial charge in [0.2, 0.25) is 5.95 Å². The highest BCUT2D eigenvalue weighted by Crippen LogP contribution is 2.18. The van der Waals surface area contributed by atoms with Gasteiger partial charge >= 0.3 is 5.97 Å². The molecule has 0 atom stereocenters. The smallest absolute Gasteiger partial charge is 0.339 e. The van der Waals surface area contributed by atoms with Gasteiger partial charge in [-0.3, -0.25) is 4.79 Å². The van der Waals surface area contributed by atoms with Crippen LogP contribution in [0.1, 0.15) is 33.6 Å². The Morgan fingerprint density at radius 3 is 2.46 bits per heavy atom. The zero-order chi connectivity index (χ0) is 16.9. The number of ether oxygens (including phenoxy) is 1. The summed E-state index contributed by atoms with van der Waals surface area (Å²) >= 11 is 0. The van der Waals surface area contributed by atoms with Gasteiger partial charge in [0.1, 0.15) is 0 Å². The van der Waals surface area contributed by atoms with Gasteiger partial charge in [0.05, 0.1) is 23.9 Å². The predicted molar refractivity (Wildman–Crippen MR) is 89.2 cm³/mol. The Hall–Kier alpha value is -2.96. The van der Waals surface area contributed by atoms with Crippen molar-refractivity contribution < 1.29 is 14.3 Å². The first-order valence-electron chi connectivity index (χ1n) is 7.74. The second kappa shape index (κ2) is 7.08. The van der Waals surface area contributed by atoms with Crippen LogP contribution in [0.15, 0.2) is 36.7 Å². The summed E-state index contributed by atoms with van der Waals surface area (Å²) in [5.74, 6) is -0.245. The molecule has 7 nitrogen and oxygen atoms in total. The molecular weight excluding hydrogens is 308 g/mol. The van der Waals surface area contributed by atoms with Gasteiger partial charge < -0.3 is 15.0 Å². The number of hydrogen-bond acceptors (Lipinski definition) is 6. The minimum absolute atomic E-state index is 0.294. The molecule has 1 aliphatic rings. The van der Waals surface area contributed by atoms with Crippen LogP contribution < -0.4 is 10.2 Å². The normalized spacial score (nSPS) is 13.6. The lowest BCUT2D eigenvalue weighted by Gasteiger charge is -2.14. The Balaban J connectivity index is 1.74. The Morgan fingerprint density at radius 1 is 1.12 bits per heavy atom. The fourth-order valence-corrected chi connectivity index (χ4v) is 2.59. The van der Waals surface area contributed by atoms with E-state index in [0.29, 0.717) is 22.8 Å². The van der Waals surface area contributed by atoms with Crippen LogP contribution in [0.25, 0.3) is 0 Å². The lowest BCUT2D eigenvalue weighted by atomic mass is 10.1. The second-order valence-corrected chi connectivity index (χ2v) is 5.46. The summed E-state index contributed by atoms with van der Waals surface area (Å²) in [5.41, 5.74) is 1.01. The molecule has 1 aliphatic heterocycles. The average Bonchev–Trinajstić information content (AvgIpc) is 3.16. The van der Waals surface area contributed by atoms with Gasteiger partial charge in [0.15, 0.2) is 0 Å². The first-order chi connectivity index (χ1) is 11.7. The van der Waals surface area contributed by atoms with Gasteiger partial charge in [0.25, 0.3) is 5.91 Å². The van der Waals surface area contributed by atoms with Gasteiger partial charge in [0, 0.05) is 25.5 Å². The van der Waals surface area contributed by atoms with E-state index in [1.807, 2.05) is 0 Å². The van der Waals surface area contributed by atoms with E-state index in [1.165, 1.54) is 19.5 Å². The summed E-state index contributed by atoms with van der Waals surface area (Å²) in [6, 6.07) is 6.67. The van der Waals surface area contributed by atoms with Crippen LogP contribution in [0.5, 0.6) is 0 Å². The summed E-state index contributed by atoms with van der Waals surface area (Å²) in [6.07, 6.45) is 5.26. The van der Waals surface area contributed by atoms with E-state index in [0.717, 1.165) is 25.9 Å². The van der Waals surface area contributed by atoms with Crippen molar-refractivity contribution >= 4 is 23.5 Å². The minimum atomic E-state index is -0.508. The average molecular weight is 326 g/mol.